The van der Waals surface area contributed by atoms with Crippen LogP contribution >= 0.6 is 0 Å². The normalized spacial score (nSPS) is 24.5. The quantitative estimate of drug-likeness (QED) is 0.613. The van der Waals surface area contributed by atoms with Crippen molar-refractivity contribution < 1.29 is 14.2 Å². The molecular formula is C14H28O3. The van der Waals surface area contributed by atoms with Crippen LogP contribution in [0.15, 0.2) is 0 Å². The van der Waals surface area contributed by atoms with Crippen LogP contribution in [0.4, 0.5) is 0 Å². The molecule has 1 aliphatic heterocycles. The van der Waals surface area contributed by atoms with Gasteiger partial charge in [-0.1, -0.05) is 20.3 Å². The van der Waals surface area contributed by atoms with Gasteiger partial charge in [0.25, 0.3) is 0 Å². The molecule has 1 rings (SSSR count). The van der Waals surface area contributed by atoms with Gasteiger partial charge in [0.15, 0.2) is 6.29 Å². The van der Waals surface area contributed by atoms with Gasteiger partial charge in [-0.15, -0.1) is 0 Å². The molecule has 1 heterocycles. The van der Waals surface area contributed by atoms with E-state index in [-0.39, 0.29) is 12.4 Å². The summed E-state index contributed by atoms with van der Waals surface area (Å²) in [5, 5.41) is 0. The second-order valence-corrected chi connectivity index (χ2v) is 5.04. The summed E-state index contributed by atoms with van der Waals surface area (Å²) in [5.74, 6) is 0.428. The van der Waals surface area contributed by atoms with E-state index in [2.05, 4.69) is 20.8 Å². The van der Waals surface area contributed by atoms with E-state index in [1.165, 1.54) is 19.3 Å². The number of hydrogen-bond acceptors (Lipinski definition) is 3. The lowest BCUT2D eigenvalue weighted by molar-refractivity contribution is -0.196. The fourth-order valence-electron chi connectivity index (χ4n) is 1.84. The van der Waals surface area contributed by atoms with E-state index < -0.39 is 0 Å². The van der Waals surface area contributed by atoms with Gasteiger partial charge in [-0.3, -0.25) is 0 Å². The molecule has 0 bridgehead atoms. The Balaban J connectivity index is 2.10. The molecule has 0 saturated carbocycles. The Kier molecular flexibility index (Phi) is 7.82. The summed E-state index contributed by atoms with van der Waals surface area (Å²) in [7, 11) is 0. The molecule has 1 saturated heterocycles. The molecule has 102 valence electrons. The molecule has 0 aliphatic carbocycles. The molecule has 0 aromatic carbocycles. The van der Waals surface area contributed by atoms with Crippen LogP contribution in [0.2, 0.25) is 0 Å². The van der Waals surface area contributed by atoms with Crippen LogP contribution in [-0.4, -0.2) is 32.2 Å². The number of rotatable bonds is 8. The van der Waals surface area contributed by atoms with E-state index in [0.717, 1.165) is 32.7 Å². The van der Waals surface area contributed by atoms with Gasteiger partial charge in [0.05, 0.1) is 12.7 Å². The average Bonchev–Trinajstić information content (AvgIpc) is 2.35. The Morgan fingerprint density at radius 2 is 2.12 bits per heavy atom. The van der Waals surface area contributed by atoms with Crippen LogP contribution in [0.3, 0.4) is 0 Å². The van der Waals surface area contributed by atoms with Crippen molar-refractivity contribution in [3.05, 3.63) is 0 Å². The monoisotopic (exact) mass is 244 g/mol. The fraction of sp³-hybridized carbons (Fsp3) is 1.00. The van der Waals surface area contributed by atoms with Crippen molar-refractivity contribution in [1.82, 2.24) is 0 Å². The summed E-state index contributed by atoms with van der Waals surface area (Å²) in [5.41, 5.74) is 0. The van der Waals surface area contributed by atoms with E-state index >= 15 is 0 Å². The highest BCUT2D eigenvalue weighted by Gasteiger charge is 2.20. The first-order valence-electron chi connectivity index (χ1n) is 7.08. The summed E-state index contributed by atoms with van der Waals surface area (Å²) < 4.78 is 17.1. The zero-order valence-corrected chi connectivity index (χ0v) is 11.6. The second-order valence-electron chi connectivity index (χ2n) is 5.04. The molecule has 0 spiro atoms. The molecule has 0 radical (unpaired) electrons. The maximum Gasteiger partial charge on any atom is 0.157 e. The highest BCUT2D eigenvalue weighted by Crippen LogP contribution is 2.18. The van der Waals surface area contributed by atoms with Crippen LogP contribution in [0.5, 0.6) is 0 Å². The number of unbranched alkanes of at least 4 members (excludes halogenated alkanes) is 1. The molecular weight excluding hydrogens is 216 g/mol. The first kappa shape index (κ1) is 14.9. The minimum Gasteiger partial charge on any atom is -0.381 e. The van der Waals surface area contributed by atoms with Crippen molar-refractivity contribution in [3.63, 3.8) is 0 Å². The average molecular weight is 244 g/mol. The summed E-state index contributed by atoms with van der Waals surface area (Å²) in [6.45, 7) is 8.98. The van der Waals surface area contributed by atoms with Gasteiger partial charge < -0.3 is 14.2 Å². The molecule has 0 amide bonds. The standard InChI is InChI=1S/C14H28O3/c1-4-5-9-15-11-12(2)13(3)17-14-8-6-7-10-16-14/h12-14H,4-11H2,1-3H3. The highest BCUT2D eigenvalue weighted by atomic mass is 16.7. The molecule has 3 heteroatoms. The first-order valence-corrected chi connectivity index (χ1v) is 7.08. The van der Waals surface area contributed by atoms with Gasteiger partial charge in [0, 0.05) is 19.1 Å². The van der Waals surface area contributed by atoms with E-state index in [4.69, 9.17) is 14.2 Å². The third-order valence-electron chi connectivity index (χ3n) is 3.33. The molecule has 0 N–H and O–H groups in total. The van der Waals surface area contributed by atoms with E-state index in [9.17, 15) is 0 Å². The van der Waals surface area contributed by atoms with Gasteiger partial charge in [-0.2, -0.15) is 0 Å². The Bertz CT molecular complexity index is 178. The molecule has 1 fully saturated rings. The third-order valence-corrected chi connectivity index (χ3v) is 3.33. The smallest absolute Gasteiger partial charge is 0.157 e. The SMILES string of the molecule is CCCCOCC(C)C(C)OC1CCCCO1. The molecule has 3 unspecified atom stereocenters. The molecule has 0 aromatic heterocycles. The molecule has 0 aromatic rings. The lowest BCUT2D eigenvalue weighted by Crippen LogP contribution is -2.31. The maximum absolute atomic E-state index is 5.91. The van der Waals surface area contributed by atoms with E-state index in [0.29, 0.717) is 5.92 Å². The summed E-state index contributed by atoms with van der Waals surface area (Å²) in [6.07, 6.45) is 5.98. The predicted octanol–water partition coefficient (Wildman–Crippen LogP) is 3.37. The Morgan fingerprint density at radius 1 is 1.29 bits per heavy atom. The van der Waals surface area contributed by atoms with E-state index in [1.54, 1.807) is 0 Å². The van der Waals surface area contributed by atoms with Crippen molar-refractivity contribution in [2.75, 3.05) is 19.8 Å². The van der Waals surface area contributed by atoms with Crippen LogP contribution in [-0.2, 0) is 14.2 Å². The summed E-state index contributed by atoms with van der Waals surface area (Å²) in [6, 6.07) is 0. The Labute approximate surface area is 106 Å². The molecule has 17 heavy (non-hydrogen) atoms. The van der Waals surface area contributed by atoms with Crippen molar-refractivity contribution in [1.29, 1.82) is 0 Å². The minimum absolute atomic E-state index is 0.0110. The van der Waals surface area contributed by atoms with Gasteiger partial charge in [-0.05, 0) is 32.6 Å². The van der Waals surface area contributed by atoms with Crippen LogP contribution in [0.1, 0.15) is 52.9 Å². The van der Waals surface area contributed by atoms with Gasteiger partial charge in [-0.25, -0.2) is 0 Å². The van der Waals surface area contributed by atoms with E-state index in [1.807, 2.05) is 0 Å². The fourth-order valence-corrected chi connectivity index (χ4v) is 1.84. The zero-order chi connectivity index (χ0) is 12.5. The highest BCUT2D eigenvalue weighted by molar-refractivity contribution is 4.63. The Morgan fingerprint density at radius 3 is 2.76 bits per heavy atom. The lowest BCUT2D eigenvalue weighted by Gasteiger charge is -2.28. The van der Waals surface area contributed by atoms with Crippen molar-refractivity contribution in [3.8, 4) is 0 Å². The summed E-state index contributed by atoms with van der Waals surface area (Å²) in [4.78, 5) is 0. The van der Waals surface area contributed by atoms with Crippen LogP contribution in [0.25, 0.3) is 0 Å². The minimum atomic E-state index is 0.0110. The number of hydrogen-bond donors (Lipinski definition) is 0. The predicted molar refractivity (Wildman–Crippen MR) is 69.0 cm³/mol. The second kappa shape index (κ2) is 8.90. The molecule has 3 atom stereocenters. The van der Waals surface area contributed by atoms with Crippen molar-refractivity contribution in [2.24, 2.45) is 5.92 Å². The van der Waals surface area contributed by atoms with Gasteiger partial charge >= 0.3 is 0 Å². The van der Waals surface area contributed by atoms with Gasteiger partial charge in [0.1, 0.15) is 0 Å². The largest absolute Gasteiger partial charge is 0.381 e. The summed E-state index contributed by atoms with van der Waals surface area (Å²) >= 11 is 0. The van der Waals surface area contributed by atoms with Gasteiger partial charge in [0.2, 0.25) is 0 Å². The number of ether oxygens (including phenoxy) is 3. The molecule has 1 aliphatic rings. The third kappa shape index (κ3) is 6.39. The lowest BCUT2D eigenvalue weighted by atomic mass is 10.1. The topological polar surface area (TPSA) is 27.7 Å². The van der Waals surface area contributed by atoms with Crippen LogP contribution < -0.4 is 0 Å². The molecule has 3 nitrogen and oxygen atoms in total. The van der Waals surface area contributed by atoms with Crippen molar-refractivity contribution in [2.45, 2.75) is 65.3 Å². The zero-order valence-electron chi connectivity index (χ0n) is 11.6. The van der Waals surface area contributed by atoms with Crippen molar-refractivity contribution >= 4 is 0 Å². The Hall–Kier alpha value is -0.120. The first-order chi connectivity index (χ1) is 8.24. The maximum atomic E-state index is 5.91. The van der Waals surface area contributed by atoms with Crippen LogP contribution in [0, 0.1) is 5.92 Å².